The van der Waals surface area contributed by atoms with Gasteiger partial charge in [-0.15, -0.1) is 24.2 Å². The van der Waals surface area contributed by atoms with Crippen LogP contribution < -0.4 is 5.73 Å². The van der Waals surface area contributed by atoms with Crippen LogP contribution in [0.25, 0.3) is 0 Å². The number of anilines is 1. The highest BCUT2D eigenvalue weighted by molar-refractivity contribution is 7.98. The van der Waals surface area contributed by atoms with Gasteiger partial charge in [0.1, 0.15) is 0 Å². The maximum Gasteiger partial charge on any atom is 0.335 e. The van der Waals surface area contributed by atoms with Crippen LogP contribution in [0.2, 0.25) is 0 Å². The number of nitrogen functional groups attached to an aromatic ring is 1. The van der Waals surface area contributed by atoms with Crippen LogP contribution in [-0.2, 0) is 0 Å². The number of thioether (sulfide) groups is 1. The summed E-state index contributed by atoms with van der Waals surface area (Å²) in [6.07, 6.45) is 1.86. The molecule has 0 aliphatic carbocycles. The first-order valence-corrected chi connectivity index (χ1v) is 4.54. The van der Waals surface area contributed by atoms with Gasteiger partial charge >= 0.3 is 5.97 Å². The van der Waals surface area contributed by atoms with Crippen LogP contribution in [0.15, 0.2) is 23.1 Å². The fraction of sp³-hybridized carbons (Fsp3) is 0.125. The first-order valence-electron chi connectivity index (χ1n) is 3.32. The zero-order chi connectivity index (χ0) is 9.14. The molecule has 0 aromatic heterocycles. The van der Waals surface area contributed by atoms with Crippen molar-refractivity contribution in [3.63, 3.8) is 0 Å². The number of aromatic carboxylic acids is 1. The van der Waals surface area contributed by atoms with Crippen molar-refractivity contribution in [2.45, 2.75) is 4.90 Å². The Hall–Kier alpha value is -0.870. The summed E-state index contributed by atoms with van der Waals surface area (Å²) in [5, 5.41) is 8.65. The second-order valence-electron chi connectivity index (χ2n) is 2.26. The molecule has 0 radical (unpaired) electrons. The molecule has 0 unspecified atom stereocenters. The molecule has 0 aliphatic rings. The van der Waals surface area contributed by atoms with Gasteiger partial charge in [0.15, 0.2) is 0 Å². The summed E-state index contributed by atoms with van der Waals surface area (Å²) in [6.45, 7) is 0. The number of carboxylic acids is 1. The van der Waals surface area contributed by atoms with Gasteiger partial charge in [-0.2, -0.15) is 0 Å². The maximum absolute atomic E-state index is 10.5. The molecule has 0 bridgehead atoms. The summed E-state index contributed by atoms with van der Waals surface area (Å²) >= 11 is 1.44. The Morgan fingerprint density at radius 1 is 1.54 bits per heavy atom. The number of hydrogen-bond acceptors (Lipinski definition) is 3. The lowest BCUT2D eigenvalue weighted by molar-refractivity contribution is 0.0696. The molecule has 0 aliphatic heterocycles. The lowest BCUT2D eigenvalue weighted by Gasteiger charge is -2.02. The lowest BCUT2D eigenvalue weighted by atomic mass is 10.2. The van der Waals surface area contributed by atoms with Crippen molar-refractivity contribution in [3.05, 3.63) is 23.8 Å². The van der Waals surface area contributed by atoms with E-state index in [2.05, 4.69) is 0 Å². The number of carbonyl (C=O) groups is 1. The van der Waals surface area contributed by atoms with Gasteiger partial charge in [0, 0.05) is 10.6 Å². The molecule has 0 spiro atoms. The van der Waals surface area contributed by atoms with Crippen LogP contribution in [0, 0.1) is 0 Å². The predicted octanol–water partition coefficient (Wildman–Crippen LogP) is 2.11. The lowest BCUT2D eigenvalue weighted by Crippen LogP contribution is -1.97. The predicted molar refractivity (Wildman–Crippen MR) is 56.8 cm³/mol. The molecular formula is C8H10ClNO2S. The highest BCUT2D eigenvalue weighted by atomic mass is 35.5. The van der Waals surface area contributed by atoms with Crippen molar-refractivity contribution in [1.82, 2.24) is 0 Å². The topological polar surface area (TPSA) is 63.3 Å². The van der Waals surface area contributed by atoms with Gasteiger partial charge < -0.3 is 10.8 Å². The number of rotatable bonds is 2. The van der Waals surface area contributed by atoms with Crippen LogP contribution >= 0.6 is 24.2 Å². The van der Waals surface area contributed by atoms with Crippen molar-refractivity contribution in [1.29, 1.82) is 0 Å². The van der Waals surface area contributed by atoms with Crippen LogP contribution in [0.3, 0.4) is 0 Å². The van der Waals surface area contributed by atoms with E-state index in [9.17, 15) is 4.79 Å². The summed E-state index contributed by atoms with van der Waals surface area (Å²) in [6, 6.07) is 4.68. The third-order valence-corrected chi connectivity index (χ3v) is 2.27. The highest BCUT2D eigenvalue weighted by Crippen LogP contribution is 2.23. The smallest absolute Gasteiger partial charge is 0.335 e. The third-order valence-electron chi connectivity index (χ3n) is 1.48. The molecule has 1 aromatic carbocycles. The molecule has 3 N–H and O–H groups in total. The quantitative estimate of drug-likeness (QED) is 0.591. The average molecular weight is 220 g/mol. The van der Waals surface area contributed by atoms with Crippen molar-refractivity contribution in [2.24, 2.45) is 0 Å². The number of carboxylic acid groups (broad SMARTS) is 1. The van der Waals surface area contributed by atoms with Crippen LogP contribution in [0.1, 0.15) is 10.4 Å². The minimum atomic E-state index is -0.926. The van der Waals surface area contributed by atoms with Crippen molar-refractivity contribution in [3.8, 4) is 0 Å². The average Bonchev–Trinajstić information content (AvgIpc) is 2.05. The first-order chi connectivity index (χ1) is 5.65. The summed E-state index contributed by atoms with van der Waals surface area (Å²) in [5.41, 5.74) is 6.48. The number of halogens is 1. The van der Waals surface area contributed by atoms with Gasteiger partial charge in [-0.3, -0.25) is 0 Å². The number of nitrogens with two attached hydrogens (primary N) is 1. The molecule has 0 atom stereocenters. The fourth-order valence-corrected chi connectivity index (χ4v) is 1.39. The van der Waals surface area contributed by atoms with E-state index >= 15 is 0 Å². The molecule has 3 nitrogen and oxygen atoms in total. The Bertz CT molecular complexity index is 317. The van der Waals surface area contributed by atoms with Gasteiger partial charge in [0.2, 0.25) is 0 Å². The van der Waals surface area contributed by atoms with E-state index in [1.54, 1.807) is 12.1 Å². The van der Waals surface area contributed by atoms with Gasteiger partial charge in [-0.1, -0.05) is 0 Å². The van der Waals surface area contributed by atoms with Crippen molar-refractivity contribution >= 4 is 35.8 Å². The van der Waals surface area contributed by atoms with E-state index in [-0.39, 0.29) is 18.0 Å². The van der Waals surface area contributed by atoms with Crippen LogP contribution in [0.5, 0.6) is 0 Å². The Morgan fingerprint density at radius 2 is 2.15 bits per heavy atom. The molecule has 0 saturated heterocycles. The molecule has 1 aromatic rings. The zero-order valence-corrected chi connectivity index (χ0v) is 8.61. The number of benzene rings is 1. The molecule has 0 heterocycles. The number of hydrogen-bond donors (Lipinski definition) is 2. The Kier molecular flexibility index (Phi) is 4.66. The maximum atomic E-state index is 10.5. The van der Waals surface area contributed by atoms with Gasteiger partial charge in [0.25, 0.3) is 0 Å². The van der Waals surface area contributed by atoms with Crippen LogP contribution in [-0.4, -0.2) is 17.3 Å². The van der Waals surface area contributed by atoms with Gasteiger partial charge in [0.05, 0.1) is 5.56 Å². The first kappa shape index (κ1) is 12.1. The van der Waals surface area contributed by atoms with Crippen molar-refractivity contribution in [2.75, 3.05) is 12.0 Å². The van der Waals surface area contributed by atoms with Crippen LogP contribution in [0.4, 0.5) is 5.69 Å². The Balaban J connectivity index is 0.00000144. The molecule has 0 fully saturated rings. The second-order valence-corrected chi connectivity index (χ2v) is 3.11. The van der Waals surface area contributed by atoms with E-state index in [0.717, 1.165) is 4.90 Å². The summed E-state index contributed by atoms with van der Waals surface area (Å²) in [4.78, 5) is 11.3. The normalized spacial score (nSPS) is 9.00. The highest BCUT2D eigenvalue weighted by Gasteiger charge is 2.04. The fourth-order valence-electron chi connectivity index (χ4n) is 0.844. The molecule has 13 heavy (non-hydrogen) atoms. The third kappa shape index (κ3) is 2.82. The summed E-state index contributed by atoms with van der Waals surface area (Å²) < 4.78 is 0. The minimum absolute atomic E-state index is 0. The monoisotopic (exact) mass is 219 g/mol. The van der Waals surface area contributed by atoms with E-state index in [1.807, 2.05) is 6.26 Å². The zero-order valence-electron chi connectivity index (χ0n) is 6.98. The Morgan fingerprint density at radius 3 is 2.62 bits per heavy atom. The van der Waals surface area contributed by atoms with E-state index in [1.165, 1.54) is 17.8 Å². The SMILES string of the molecule is CSc1cc(C(=O)O)ccc1N.Cl. The molecule has 0 amide bonds. The van der Waals surface area contributed by atoms with Gasteiger partial charge in [-0.05, 0) is 24.5 Å². The molecule has 1 rings (SSSR count). The van der Waals surface area contributed by atoms with E-state index in [0.29, 0.717) is 5.69 Å². The molecule has 5 heteroatoms. The second kappa shape index (κ2) is 4.99. The Labute approximate surface area is 86.7 Å². The summed E-state index contributed by atoms with van der Waals surface area (Å²) in [5.74, 6) is -0.926. The van der Waals surface area contributed by atoms with Crippen molar-refractivity contribution < 1.29 is 9.90 Å². The van der Waals surface area contributed by atoms with E-state index in [4.69, 9.17) is 10.8 Å². The van der Waals surface area contributed by atoms with Gasteiger partial charge in [-0.25, -0.2) is 4.79 Å². The summed E-state index contributed by atoms with van der Waals surface area (Å²) in [7, 11) is 0. The molecule has 0 saturated carbocycles. The molecular weight excluding hydrogens is 210 g/mol. The molecule has 72 valence electrons. The standard InChI is InChI=1S/C8H9NO2S.ClH/c1-12-7-4-5(8(10)11)2-3-6(7)9;/h2-4H,9H2,1H3,(H,10,11);1H. The largest absolute Gasteiger partial charge is 0.478 e. The minimum Gasteiger partial charge on any atom is -0.478 e. The van der Waals surface area contributed by atoms with E-state index < -0.39 is 5.97 Å².